The zero-order valence-electron chi connectivity index (χ0n) is 21.1. The SMILES string of the molecule is CCc1ccc(N(CC(=O)N(Cc2ccccc2Cl)[C@H](CC)C(=O)N[C@H](C)CC)S(C)(=O)=O)cc1. The van der Waals surface area contributed by atoms with E-state index < -0.39 is 28.5 Å². The third-order valence-corrected chi connectivity index (χ3v) is 7.51. The molecule has 0 aromatic heterocycles. The fourth-order valence-corrected chi connectivity index (χ4v) is 4.73. The Balaban J connectivity index is 2.44. The van der Waals surface area contributed by atoms with Gasteiger partial charge in [-0.05, 0) is 55.5 Å². The molecule has 0 heterocycles. The summed E-state index contributed by atoms with van der Waals surface area (Å²) < 4.78 is 26.4. The summed E-state index contributed by atoms with van der Waals surface area (Å²) >= 11 is 6.37. The molecule has 0 aliphatic carbocycles. The van der Waals surface area contributed by atoms with Gasteiger partial charge in [0.2, 0.25) is 21.8 Å². The number of nitrogens with zero attached hydrogens (tertiary/aromatic N) is 2. The van der Waals surface area contributed by atoms with E-state index in [1.54, 1.807) is 30.3 Å². The molecule has 0 saturated carbocycles. The van der Waals surface area contributed by atoms with Crippen LogP contribution in [0.15, 0.2) is 48.5 Å². The standard InChI is InChI=1S/C26H36ClN3O4S/c1-6-19(4)28-26(32)24(8-3)29(17-21-11-9-10-12-23(21)27)25(31)18-30(35(5,33)34)22-15-13-20(7-2)14-16-22/h9-16,19,24H,6-8,17-18H2,1-5H3,(H,28,32)/t19-,24-/m1/s1. The summed E-state index contributed by atoms with van der Waals surface area (Å²) in [6.07, 6.45) is 2.99. The van der Waals surface area contributed by atoms with Crippen LogP contribution in [0.1, 0.15) is 51.7 Å². The van der Waals surface area contributed by atoms with Crippen LogP contribution in [0.5, 0.6) is 0 Å². The molecule has 0 spiro atoms. The lowest BCUT2D eigenvalue weighted by molar-refractivity contribution is -0.140. The summed E-state index contributed by atoms with van der Waals surface area (Å²) in [5, 5.41) is 3.42. The Labute approximate surface area is 214 Å². The number of anilines is 1. The highest BCUT2D eigenvalue weighted by Crippen LogP contribution is 2.23. The number of carbonyl (C=O) groups is 2. The summed E-state index contributed by atoms with van der Waals surface area (Å²) in [5.41, 5.74) is 2.13. The lowest BCUT2D eigenvalue weighted by Crippen LogP contribution is -2.53. The first-order valence-corrected chi connectivity index (χ1v) is 14.1. The van der Waals surface area contributed by atoms with Crippen molar-refractivity contribution in [1.29, 1.82) is 0 Å². The van der Waals surface area contributed by atoms with Crippen LogP contribution in [0.25, 0.3) is 0 Å². The molecule has 7 nitrogen and oxygen atoms in total. The van der Waals surface area contributed by atoms with E-state index in [1.807, 2.05) is 45.9 Å². The molecule has 0 saturated heterocycles. The van der Waals surface area contributed by atoms with Gasteiger partial charge in [0.05, 0.1) is 11.9 Å². The van der Waals surface area contributed by atoms with E-state index in [-0.39, 0.29) is 18.5 Å². The number of sulfonamides is 1. The summed E-state index contributed by atoms with van der Waals surface area (Å²) in [5.74, 6) is -0.762. The van der Waals surface area contributed by atoms with Crippen LogP contribution in [-0.4, -0.2) is 50.0 Å². The fourth-order valence-electron chi connectivity index (χ4n) is 3.68. The van der Waals surface area contributed by atoms with Crippen LogP contribution in [0, 0.1) is 0 Å². The lowest BCUT2D eigenvalue weighted by atomic mass is 10.1. The Morgan fingerprint density at radius 3 is 2.14 bits per heavy atom. The van der Waals surface area contributed by atoms with Gasteiger partial charge in [-0.3, -0.25) is 13.9 Å². The van der Waals surface area contributed by atoms with E-state index in [0.717, 1.165) is 29.0 Å². The lowest BCUT2D eigenvalue weighted by Gasteiger charge is -2.33. The van der Waals surface area contributed by atoms with Crippen molar-refractivity contribution in [3.63, 3.8) is 0 Å². The largest absolute Gasteiger partial charge is 0.352 e. The smallest absolute Gasteiger partial charge is 0.244 e. The predicted octanol–water partition coefficient (Wildman–Crippen LogP) is 4.39. The molecule has 2 atom stereocenters. The number of hydrogen-bond acceptors (Lipinski definition) is 4. The summed E-state index contributed by atoms with van der Waals surface area (Å²) in [6.45, 7) is 7.35. The molecule has 0 aliphatic heterocycles. The molecule has 0 fully saturated rings. The molecular formula is C26H36ClN3O4S. The van der Waals surface area contributed by atoms with E-state index in [0.29, 0.717) is 22.7 Å². The zero-order valence-corrected chi connectivity index (χ0v) is 22.7. The Kier molecular flexibility index (Phi) is 10.6. The number of hydrogen-bond donors (Lipinski definition) is 1. The van der Waals surface area contributed by atoms with Crippen molar-refractivity contribution in [3.05, 3.63) is 64.7 Å². The summed E-state index contributed by atoms with van der Waals surface area (Å²) in [7, 11) is -3.76. The van der Waals surface area contributed by atoms with Gasteiger partial charge in [-0.2, -0.15) is 0 Å². The highest BCUT2D eigenvalue weighted by molar-refractivity contribution is 7.92. The molecule has 2 aromatic rings. The van der Waals surface area contributed by atoms with E-state index in [2.05, 4.69) is 5.32 Å². The van der Waals surface area contributed by atoms with E-state index in [1.165, 1.54) is 4.90 Å². The van der Waals surface area contributed by atoms with E-state index in [4.69, 9.17) is 11.6 Å². The molecule has 0 aliphatic rings. The molecular weight excluding hydrogens is 486 g/mol. The number of benzene rings is 2. The second kappa shape index (κ2) is 12.9. The second-order valence-corrected chi connectivity index (χ2v) is 11.0. The van der Waals surface area contributed by atoms with Crippen LogP contribution in [0.3, 0.4) is 0 Å². The first kappa shape index (κ1) is 28.7. The number of rotatable bonds is 12. The van der Waals surface area contributed by atoms with Crippen LogP contribution in [0.4, 0.5) is 5.69 Å². The van der Waals surface area contributed by atoms with Crippen molar-refractivity contribution in [2.45, 2.75) is 65.6 Å². The molecule has 0 unspecified atom stereocenters. The van der Waals surface area contributed by atoms with Gasteiger partial charge >= 0.3 is 0 Å². The highest BCUT2D eigenvalue weighted by Gasteiger charge is 2.32. The predicted molar refractivity (Wildman–Crippen MR) is 142 cm³/mol. The Hall–Kier alpha value is -2.58. The summed E-state index contributed by atoms with van der Waals surface area (Å²) in [4.78, 5) is 28.2. The van der Waals surface area contributed by atoms with Gasteiger partial charge in [0.25, 0.3) is 0 Å². The topological polar surface area (TPSA) is 86.8 Å². The molecule has 9 heteroatoms. The number of aryl methyl sites for hydroxylation is 1. The maximum absolute atomic E-state index is 13.7. The zero-order chi connectivity index (χ0) is 26.2. The van der Waals surface area contributed by atoms with Gasteiger partial charge in [0.1, 0.15) is 12.6 Å². The number of carbonyl (C=O) groups excluding carboxylic acids is 2. The van der Waals surface area contributed by atoms with E-state index >= 15 is 0 Å². The molecule has 2 rings (SSSR count). The van der Waals surface area contributed by atoms with Gasteiger partial charge in [-0.1, -0.05) is 62.7 Å². The monoisotopic (exact) mass is 521 g/mol. The fraction of sp³-hybridized carbons (Fsp3) is 0.462. The first-order chi connectivity index (χ1) is 16.5. The van der Waals surface area contributed by atoms with Gasteiger partial charge in [0, 0.05) is 17.6 Å². The van der Waals surface area contributed by atoms with Crippen molar-refractivity contribution in [3.8, 4) is 0 Å². The Bertz CT molecular complexity index is 1110. The number of nitrogens with one attached hydrogen (secondary N) is 1. The molecule has 35 heavy (non-hydrogen) atoms. The van der Waals surface area contributed by atoms with Crippen LogP contribution in [0.2, 0.25) is 5.02 Å². The van der Waals surface area contributed by atoms with Gasteiger partial charge < -0.3 is 10.2 Å². The van der Waals surface area contributed by atoms with Crippen molar-refractivity contribution >= 4 is 39.1 Å². The third-order valence-electron chi connectivity index (χ3n) is 6.00. The number of amides is 2. The molecule has 1 N–H and O–H groups in total. The molecule has 0 bridgehead atoms. The van der Waals surface area contributed by atoms with E-state index in [9.17, 15) is 18.0 Å². The second-order valence-electron chi connectivity index (χ2n) is 8.64. The molecule has 0 radical (unpaired) electrons. The van der Waals surface area contributed by atoms with Gasteiger partial charge in [-0.25, -0.2) is 8.42 Å². The van der Waals surface area contributed by atoms with Crippen LogP contribution < -0.4 is 9.62 Å². The van der Waals surface area contributed by atoms with Crippen molar-refractivity contribution in [1.82, 2.24) is 10.2 Å². The van der Waals surface area contributed by atoms with Crippen molar-refractivity contribution in [2.75, 3.05) is 17.1 Å². The molecule has 2 aromatic carbocycles. The number of halogens is 1. The van der Waals surface area contributed by atoms with Crippen molar-refractivity contribution in [2.24, 2.45) is 0 Å². The minimum Gasteiger partial charge on any atom is -0.352 e. The Morgan fingerprint density at radius 2 is 1.63 bits per heavy atom. The maximum atomic E-state index is 13.7. The summed E-state index contributed by atoms with van der Waals surface area (Å²) in [6, 6.07) is 13.3. The van der Waals surface area contributed by atoms with Crippen LogP contribution >= 0.6 is 11.6 Å². The molecule has 192 valence electrons. The minimum absolute atomic E-state index is 0.0570. The Morgan fingerprint density at radius 1 is 1.00 bits per heavy atom. The van der Waals surface area contributed by atoms with Gasteiger partial charge in [-0.15, -0.1) is 0 Å². The quantitative estimate of drug-likeness (QED) is 0.448. The van der Waals surface area contributed by atoms with Crippen molar-refractivity contribution < 1.29 is 18.0 Å². The van der Waals surface area contributed by atoms with Crippen LogP contribution in [-0.2, 0) is 32.6 Å². The third kappa shape index (κ3) is 7.97. The average Bonchev–Trinajstić information content (AvgIpc) is 2.82. The highest BCUT2D eigenvalue weighted by atomic mass is 35.5. The molecule has 2 amide bonds. The minimum atomic E-state index is -3.76. The maximum Gasteiger partial charge on any atom is 0.244 e. The average molecular weight is 522 g/mol. The normalized spacial score (nSPS) is 13.1. The first-order valence-electron chi connectivity index (χ1n) is 11.9. The van der Waals surface area contributed by atoms with Gasteiger partial charge in [0.15, 0.2) is 0 Å².